The summed E-state index contributed by atoms with van der Waals surface area (Å²) in [6, 6.07) is 139. The average molecular weight is 1230 g/mol. The quantitative estimate of drug-likeness (QED) is 0.0965. The van der Waals surface area contributed by atoms with E-state index in [2.05, 4.69) is 386 Å². The highest BCUT2D eigenvalue weighted by Gasteiger charge is 2.23. The predicted octanol–water partition coefficient (Wildman–Crippen LogP) is 25.2. The Labute approximate surface area is 561 Å². The maximum absolute atomic E-state index is 5.48. The molecule has 0 atom stereocenters. The number of anilines is 6. The molecule has 0 amide bonds. The lowest BCUT2D eigenvalue weighted by molar-refractivity contribution is 1.26. The standard InChI is InChI=1S/C92H64N4/c1-7-21-65(22-8-1)69-35-39-71(40-36-69)73-43-53-81(54-44-73)95(89-63-79(67-25-11-3-12-26-67)51-61-85(89)75-29-15-5-16-30-75)83-57-47-77(48-58-83)91-92(94-88-34-20-19-33-87(88)93-91)78-49-59-84(60-50-78)96(82-55-45-74(46-56-82)72-41-37-70(38-42-72)66-23-9-2-10-24-66)90-64-80(68-27-13-4-14-28-68)52-62-86(90)76-31-17-6-18-32-76/h1-64H. The van der Waals surface area contributed by atoms with Crippen molar-refractivity contribution >= 4 is 45.2 Å². The lowest BCUT2D eigenvalue weighted by Crippen LogP contribution is -2.11. The van der Waals surface area contributed by atoms with E-state index in [1.54, 1.807) is 0 Å². The molecule has 4 heteroatoms. The molecule has 96 heavy (non-hydrogen) atoms. The van der Waals surface area contributed by atoms with E-state index in [4.69, 9.17) is 9.97 Å². The van der Waals surface area contributed by atoms with E-state index in [1.807, 2.05) is 12.1 Å². The molecule has 16 aromatic rings. The maximum atomic E-state index is 5.48. The lowest BCUT2D eigenvalue weighted by atomic mass is 9.96. The summed E-state index contributed by atoms with van der Waals surface area (Å²) < 4.78 is 0. The molecule has 0 N–H and O–H groups in total. The minimum absolute atomic E-state index is 0.796. The normalized spacial score (nSPS) is 11.1. The fourth-order valence-corrected chi connectivity index (χ4v) is 13.1. The smallest absolute Gasteiger partial charge is 0.0973 e. The highest BCUT2D eigenvalue weighted by molar-refractivity contribution is 5.95. The Morgan fingerprint density at radius 1 is 0.156 bits per heavy atom. The first-order chi connectivity index (χ1) is 47.6. The number of rotatable bonds is 16. The van der Waals surface area contributed by atoms with Gasteiger partial charge in [0.2, 0.25) is 0 Å². The Bertz CT molecular complexity index is 4960. The minimum Gasteiger partial charge on any atom is -0.310 e. The number of para-hydroxylation sites is 2. The third-order valence-electron chi connectivity index (χ3n) is 18.1. The van der Waals surface area contributed by atoms with Crippen molar-refractivity contribution in [2.75, 3.05) is 9.80 Å². The molecule has 0 bridgehead atoms. The van der Waals surface area contributed by atoms with Crippen LogP contribution in [0.3, 0.4) is 0 Å². The summed E-state index contributed by atoms with van der Waals surface area (Å²) in [4.78, 5) is 15.7. The van der Waals surface area contributed by atoms with Crippen molar-refractivity contribution in [3.63, 3.8) is 0 Å². The Hall–Kier alpha value is -12.8. The van der Waals surface area contributed by atoms with Crippen LogP contribution in [0.25, 0.3) is 123 Å². The fourth-order valence-electron chi connectivity index (χ4n) is 13.1. The monoisotopic (exact) mass is 1220 g/mol. The van der Waals surface area contributed by atoms with Crippen LogP contribution >= 0.6 is 0 Å². The van der Waals surface area contributed by atoms with Crippen LogP contribution in [0.5, 0.6) is 0 Å². The van der Waals surface area contributed by atoms with Crippen molar-refractivity contribution in [2.24, 2.45) is 0 Å². The van der Waals surface area contributed by atoms with E-state index >= 15 is 0 Å². The molecule has 0 aliphatic rings. The Balaban J connectivity index is 0.798. The van der Waals surface area contributed by atoms with Crippen molar-refractivity contribution in [1.29, 1.82) is 0 Å². The molecule has 0 saturated heterocycles. The second kappa shape index (κ2) is 26.5. The highest BCUT2D eigenvalue weighted by atomic mass is 15.2. The maximum Gasteiger partial charge on any atom is 0.0973 e. The van der Waals surface area contributed by atoms with Gasteiger partial charge in [0.05, 0.1) is 33.8 Å². The van der Waals surface area contributed by atoms with Gasteiger partial charge in [-0.3, -0.25) is 0 Å². The van der Waals surface area contributed by atoms with Gasteiger partial charge < -0.3 is 9.80 Å². The summed E-state index contributed by atoms with van der Waals surface area (Å²) >= 11 is 0. The van der Waals surface area contributed by atoms with E-state index < -0.39 is 0 Å². The van der Waals surface area contributed by atoms with Crippen molar-refractivity contribution in [1.82, 2.24) is 9.97 Å². The zero-order valence-electron chi connectivity index (χ0n) is 52.7. The minimum atomic E-state index is 0.796. The van der Waals surface area contributed by atoms with E-state index in [-0.39, 0.29) is 0 Å². The van der Waals surface area contributed by atoms with Gasteiger partial charge in [-0.1, -0.05) is 315 Å². The fraction of sp³-hybridized carbons (Fsp3) is 0. The number of hydrogen-bond acceptors (Lipinski definition) is 4. The molecule has 0 fully saturated rings. The summed E-state index contributed by atoms with van der Waals surface area (Å²) in [7, 11) is 0. The molecule has 4 nitrogen and oxygen atoms in total. The molecule has 0 unspecified atom stereocenters. The van der Waals surface area contributed by atoms with Crippen LogP contribution in [-0.2, 0) is 0 Å². The number of benzene rings is 15. The Morgan fingerprint density at radius 2 is 0.354 bits per heavy atom. The van der Waals surface area contributed by atoms with Crippen LogP contribution < -0.4 is 9.80 Å². The number of nitrogens with zero attached hydrogens (tertiary/aromatic N) is 4. The van der Waals surface area contributed by atoms with E-state index in [0.717, 1.165) is 134 Å². The highest BCUT2D eigenvalue weighted by Crippen LogP contribution is 2.47. The second-order valence-electron chi connectivity index (χ2n) is 24.1. The first kappa shape index (κ1) is 58.3. The molecular formula is C92H64N4. The molecule has 0 aliphatic carbocycles. The van der Waals surface area contributed by atoms with Gasteiger partial charge in [-0.05, 0) is 151 Å². The van der Waals surface area contributed by atoms with E-state index in [1.165, 1.54) is 22.3 Å². The van der Waals surface area contributed by atoms with Gasteiger partial charge in [0.1, 0.15) is 0 Å². The zero-order valence-corrected chi connectivity index (χ0v) is 52.7. The second-order valence-corrected chi connectivity index (χ2v) is 24.1. The van der Waals surface area contributed by atoms with Crippen molar-refractivity contribution in [3.05, 3.63) is 388 Å². The topological polar surface area (TPSA) is 32.3 Å². The molecule has 1 aromatic heterocycles. The molecule has 16 rings (SSSR count). The number of aromatic nitrogens is 2. The average Bonchev–Trinajstić information content (AvgIpc) is 0.781. The van der Waals surface area contributed by atoms with E-state index in [0.29, 0.717) is 0 Å². The summed E-state index contributed by atoms with van der Waals surface area (Å²) in [6.07, 6.45) is 0. The molecule has 452 valence electrons. The molecule has 0 aliphatic heterocycles. The van der Waals surface area contributed by atoms with Gasteiger partial charge in [0, 0.05) is 45.0 Å². The van der Waals surface area contributed by atoms with Gasteiger partial charge in [-0.2, -0.15) is 0 Å². The molecule has 0 spiro atoms. The summed E-state index contributed by atoms with van der Waals surface area (Å²) in [5, 5.41) is 0. The third-order valence-corrected chi connectivity index (χ3v) is 18.1. The van der Waals surface area contributed by atoms with Gasteiger partial charge in [0.25, 0.3) is 0 Å². The predicted molar refractivity (Wildman–Crippen MR) is 403 cm³/mol. The van der Waals surface area contributed by atoms with Crippen LogP contribution in [0.15, 0.2) is 388 Å². The van der Waals surface area contributed by atoms with Gasteiger partial charge in [-0.25, -0.2) is 9.97 Å². The largest absolute Gasteiger partial charge is 0.310 e. The third kappa shape index (κ3) is 12.1. The van der Waals surface area contributed by atoms with Crippen molar-refractivity contribution < 1.29 is 0 Å². The molecule has 0 saturated carbocycles. The SMILES string of the molecule is c1ccc(-c2ccc(-c3ccc(N(c4ccc(-c5nc6ccccc6nc5-c5ccc(N(c6ccc(-c7ccc(-c8ccccc8)cc7)cc6)c6cc(-c7ccccc7)ccc6-c6ccccc6)cc5)cc4)c4cc(-c5ccccc5)ccc4-c4ccccc4)cc3)cc2)cc1. The van der Waals surface area contributed by atoms with Gasteiger partial charge >= 0.3 is 0 Å². The van der Waals surface area contributed by atoms with Gasteiger partial charge in [-0.15, -0.1) is 0 Å². The van der Waals surface area contributed by atoms with Crippen LogP contribution in [0.4, 0.5) is 34.1 Å². The van der Waals surface area contributed by atoms with Crippen LogP contribution in [0, 0.1) is 0 Å². The molecular weight excluding hydrogens is 1160 g/mol. The Kier molecular flexibility index (Phi) is 16.1. The molecule has 15 aromatic carbocycles. The first-order valence-electron chi connectivity index (χ1n) is 32.7. The first-order valence-corrected chi connectivity index (χ1v) is 32.7. The van der Waals surface area contributed by atoms with Gasteiger partial charge in [0.15, 0.2) is 0 Å². The Morgan fingerprint density at radius 3 is 0.625 bits per heavy atom. The lowest BCUT2D eigenvalue weighted by Gasteiger charge is -2.29. The van der Waals surface area contributed by atoms with E-state index in [9.17, 15) is 0 Å². The molecule has 1 heterocycles. The van der Waals surface area contributed by atoms with Crippen LogP contribution in [0.1, 0.15) is 0 Å². The number of hydrogen-bond donors (Lipinski definition) is 0. The summed E-state index contributed by atoms with van der Waals surface area (Å²) in [6.45, 7) is 0. The van der Waals surface area contributed by atoms with Crippen molar-refractivity contribution in [2.45, 2.75) is 0 Å². The van der Waals surface area contributed by atoms with Crippen molar-refractivity contribution in [3.8, 4) is 112 Å². The number of fused-ring (bicyclic) bond motifs is 1. The zero-order chi connectivity index (χ0) is 64.0. The van der Waals surface area contributed by atoms with Crippen LogP contribution in [0.2, 0.25) is 0 Å². The summed E-state index contributed by atoms with van der Waals surface area (Å²) in [5.41, 5.74) is 29.8. The summed E-state index contributed by atoms with van der Waals surface area (Å²) in [5.74, 6) is 0. The molecule has 0 radical (unpaired) electrons. The van der Waals surface area contributed by atoms with Crippen LogP contribution in [-0.4, -0.2) is 9.97 Å².